The molecule has 2 amide bonds. The van der Waals surface area contributed by atoms with Gasteiger partial charge in [0.15, 0.2) is 17.6 Å². The van der Waals surface area contributed by atoms with Crippen LogP contribution in [0.4, 0.5) is 5.69 Å². The monoisotopic (exact) mass is 567 g/mol. The molecule has 0 unspecified atom stereocenters. The summed E-state index contributed by atoms with van der Waals surface area (Å²) in [5.41, 5.74) is 2.97. The first-order chi connectivity index (χ1) is 18.5. The van der Waals surface area contributed by atoms with E-state index in [1.54, 1.807) is 18.2 Å². The van der Waals surface area contributed by atoms with Gasteiger partial charge in [-0.1, -0.05) is 71.4 Å². The van der Waals surface area contributed by atoms with E-state index >= 15 is 0 Å². The number of aromatic nitrogens is 3. The molecule has 1 aliphatic heterocycles. The van der Waals surface area contributed by atoms with Crippen molar-refractivity contribution in [1.29, 1.82) is 0 Å². The van der Waals surface area contributed by atoms with Crippen LogP contribution in [-0.4, -0.2) is 45.5 Å². The lowest BCUT2D eigenvalue weighted by Crippen LogP contribution is -2.30. The number of carbonyl (C=O) groups excluding carboxylic acids is 2. The van der Waals surface area contributed by atoms with Crippen LogP contribution >= 0.6 is 35.0 Å². The van der Waals surface area contributed by atoms with Crippen LogP contribution in [0.15, 0.2) is 78.0 Å². The van der Waals surface area contributed by atoms with Gasteiger partial charge < -0.3 is 15.0 Å². The number of fused-ring (bicyclic) bond motifs is 1. The lowest BCUT2D eigenvalue weighted by Gasteiger charge is -2.17. The minimum atomic E-state index is -0.351. The number of carbonyl (C=O) groups is 2. The van der Waals surface area contributed by atoms with Crippen LogP contribution in [0, 0.1) is 0 Å². The van der Waals surface area contributed by atoms with E-state index in [0.29, 0.717) is 33.3 Å². The molecule has 2 heterocycles. The molecule has 0 saturated heterocycles. The number of hydrogen-bond acceptors (Lipinski definition) is 6. The van der Waals surface area contributed by atoms with Gasteiger partial charge in [0.05, 0.1) is 17.3 Å². The Labute approximate surface area is 233 Å². The summed E-state index contributed by atoms with van der Waals surface area (Å²) in [6.07, 6.45) is 0.852. The molecule has 8 nitrogen and oxygen atoms in total. The fourth-order valence-corrected chi connectivity index (χ4v) is 5.42. The van der Waals surface area contributed by atoms with E-state index in [9.17, 15) is 9.59 Å². The predicted molar refractivity (Wildman–Crippen MR) is 148 cm³/mol. The summed E-state index contributed by atoms with van der Waals surface area (Å²) in [5.74, 6) is 0.755. The highest BCUT2D eigenvalue weighted by Gasteiger charge is 2.25. The number of para-hydroxylation sites is 2. The van der Waals surface area contributed by atoms with Crippen LogP contribution in [0.3, 0.4) is 0 Å². The Morgan fingerprint density at radius 3 is 2.61 bits per heavy atom. The van der Waals surface area contributed by atoms with Crippen molar-refractivity contribution in [2.45, 2.75) is 18.1 Å². The Morgan fingerprint density at radius 2 is 1.79 bits per heavy atom. The van der Waals surface area contributed by atoms with Crippen LogP contribution < -0.4 is 15.0 Å². The summed E-state index contributed by atoms with van der Waals surface area (Å²) in [4.78, 5) is 27.3. The van der Waals surface area contributed by atoms with Crippen LogP contribution in [-0.2, 0) is 22.6 Å². The minimum Gasteiger partial charge on any atom is -0.482 e. The van der Waals surface area contributed by atoms with E-state index in [0.717, 1.165) is 17.8 Å². The van der Waals surface area contributed by atoms with Crippen molar-refractivity contribution in [2.75, 3.05) is 23.8 Å². The smallest absolute Gasteiger partial charge is 0.258 e. The Balaban J connectivity index is 1.25. The number of thioether (sulfide) groups is 1. The van der Waals surface area contributed by atoms with Crippen molar-refractivity contribution < 1.29 is 14.3 Å². The third-order valence-electron chi connectivity index (χ3n) is 5.92. The zero-order valence-electron chi connectivity index (χ0n) is 20.1. The maximum Gasteiger partial charge on any atom is 0.258 e. The van der Waals surface area contributed by atoms with Gasteiger partial charge in [-0.25, -0.2) is 0 Å². The second-order valence-corrected chi connectivity index (χ2v) is 10.2. The fraction of sp³-hybridized carbons (Fsp3) is 0.185. The number of nitrogens with one attached hydrogen (secondary N) is 1. The van der Waals surface area contributed by atoms with Crippen molar-refractivity contribution in [3.05, 3.63) is 94.2 Å². The SMILES string of the molecule is O=C(COc1ccc(Cl)cc1Cl)NCc1nnc(SCC(=O)N2CCc3ccccc32)n1-c1ccccc1. The minimum absolute atomic E-state index is 0.00965. The number of benzene rings is 3. The van der Waals surface area contributed by atoms with Gasteiger partial charge in [-0.2, -0.15) is 0 Å². The first-order valence-corrected chi connectivity index (χ1v) is 13.6. The van der Waals surface area contributed by atoms with Gasteiger partial charge in [-0.05, 0) is 48.4 Å². The standard InChI is InChI=1S/C27H23Cl2N5O3S/c28-19-10-11-23(21(29)14-19)37-16-25(35)30-15-24-31-32-27(34(24)20-7-2-1-3-8-20)38-17-26(36)33-13-12-18-6-4-5-9-22(18)33/h1-11,14H,12-13,15-17H2,(H,30,35). The molecule has 0 atom stereocenters. The summed E-state index contributed by atoms with van der Waals surface area (Å²) >= 11 is 13.3. The molecule has 0 aliphatic carbocycles. The summed E-state index contributed by atoms with van der Waals surface area (Å²) < 4.78 is 7.35. The van der Waals surface area contributed by atoms with E-state index in [-0.39, 0.29) is 30.7 Å². The van der Waals surface area contributed by atoms with Gasteiger partial charge in [-0.15, -0.1) is 10.2 Å². The number of ether oxygens (including phenoxy) is 1. The molecule has 0 bridgehead atoms. The highest BCUT2D eigenvalue weighted by molar-refractivity contribution is 7.99. The molecular weight excluding hydrogens is 545 g/mol. The normalized spacial score (nSPS) is 12.3. The molecule has 1 N–H and O–H groups in total. The maximum atomic E-state index is 13.0. The second-order valence-electron chi connectivity index (χ2n) is 8.42. The summed E-state index contributed by atoms with van der Waals surface area (Å²) in [6.45, 7) is 0.561. The van der Waals surface area contributed by atoms with Gasteiger partial charge >= 0.3 is 0 Å². The van der Waals surface area contributed by atoms with Crippen molar-refractivity contribution in [3.8, 4) is 11.4 Å². The molecule has 4 aromatic rings. The number of amides is 2. The zero-order chi connectivity index (χ0) is 26.5. The summed E-state index contributed by atoms with van der Waals surface area (Å²) in [7, 11) is 0. The maximum absolute atomic E-state index is 13.0. The van der Waals surface area contributed by atoms with E-state index in [4.69, 9.17) is 27.9 Å². The average Bonchev–Trinajstić information content (AvgIpc) is 3.55. The van der Waals surface area contributed by atoms with Crippen molar-refractivity contribution in [2.24, 2.45) is 0 Å². The third-order valence-corrected chi connectivity index (χ3v) is 7.37. The zero-order valence-corrected chi connectivity index (χ0v) is 22.5. The first-order valence-electron chi connectivity index (χ1n) is 11.8. The molecule has 38 heavy (non-hydrogen) atoms. The first kappa shape index (κ1) is 26.1. The van der Waals surface area contributed by atoms with E-state index in [1.807, 2.05) is 58.0 Å². The molecule has 1 aliphatic rings. The van der Waals surface area contributed by atoms with Gasteiger partial charge in [-0.3, -0.25) is 14.2 Å². The Bertz CT molecular complexity index is 1460. The fourth-order valence-electron chi connectivity index (χ4n) is 4.11. The highest BCUT2D eigenvalue weighted by Crippen LogP contribution is 2.30. The van der Waals surface area contributed by atoms with Gasteiger partial charge in [0.2, 0.25) is 5.91 Å². The summed E-state index contributed by atoms with van der Waals surface area (Å²) in [5, 5.41) is 12.8. The number of nitrogens with zero attached hydrogens (tertiary/aromatic N) is 4. The molecule has 0 spiro atoms. The third kappa shape index (κ3) is 5.96. The number of anilines is 1. The lowest BCUT2D eigenvalue weighted by molar-refractivity contribution is -0.123. The van der Waals surface area contributed by atoms with Gasteiger partial charge in [0.1, 0.15) is 5.75 Å². The Morgan fingerprint density at radius 1 is 1.00 bits per heavy atom. The molecule has 0 fully saturated rings. The van der Waals surface area contributed by atoms with E-state index < -0.39 is 0 Å². The lowest BCUT2D eigenvalue weighted by atomic mass is 10.2. The van der Waals surface area contributed by atoms with Gasteiger partial charge in [0.25, 0.3) is 5.91 Å². The molecule has 11 heteroatoms. The van der Waals surface area contributed by atoms with Gasteiger partial charge in [0, 0.05) is 22.9 Å². The van der Waals surface area contributed by atoms with E-state index in [2.05, 4.69) is 21.6 Å². The molecule has 1 aromatic heterocycles. The second kappa shape index (κ2) is 11.9. The van der Waals surface area contributed by atoms with Crippen LogP contribution in [0.25, 0.3) is 5.69 Å². The van der Waals surface area contributed by atoms with Crippen molar-refractivity contribution in [1.82, 2.24) is 20.1 Å². The predicted octanol–water partition coefficient (Wildman–Crippen LogP) is 4.95. The molecule has 0 saturated carbocycles. The summed E-state index contributed by atoms with van der Waals surface area (Å²) in [6, 6.07) is 22.3. The van der Waals surface area contributed by atoms with Crippen molar-refractivity contribution in [3.63, 3.8) is 0 Å². The molecule has 0 radical (unpaired) electrons. The molecule has 3 aromatic carbocycles. The Hall–Kier alpha value is -3.53. The van der Waals surface area contributed by atoms with E-state index in [1.165, 1.54) is 17.3 Å². The Kier molecular flexibility index (Phi) is 8.17. The van der Waals surface area contributed by atoms with Crippen molar-refractivity contribution >= 4 is 52.5 Å². The molecular formula is C27H23Cl2N5O3S. The molecule has 5 rings (SSSR count). The van der Waals surface area contributed by atoms with Crippen LogP contribution in [0.1, 0.15) is 11.4 Å². The molecule has 194 valence electrons. The van der Waals surface area contributed by atoms with Crippen LogP contribution in [0.2, 0.25) is 10.0 Å². The number of rotatable bonds is 9. The topological polar surface area (TPSA) is 89.3 Å². The highest BCUT2D eigenvalue weighted by atomic mass is 35.5. The number of halogens is 2. The van der Waals surface area contributed by atoms with Crippen LogP contribution in [0.5, 0.6) is 5.75 Å². The quantitative estimate of drug-likeness (QED) is 0.288. The largest absolute Gasteiger partial charge is 0.482 e. The number of hydrogen-bond donors (Lipinski definition) is 1. The average molecular weight is 568 g/mol.